The minimum atomic E-state index is 0.0111. The summed E-state index contributed by atoms with van der Waals surface area (Å²) < 4.78 is 0. The van der Waals surface area contributed by atoms with Gasteiger partial charge in [0.15, 0.2) is 11.0 Å². The zero-order valence-electron chi connectivity index (χ0n) is 9.20. The van der Waals surface area contributed by atoms with Crippen LogP contribution in [0, 0.1) is 0 Å². The van der Waals surface area contributed by atoms with Crippen molar-refractivity contribution in [3.63, 3.8) is 0 Å². The molecule has 5 heteroatoms. The first-order chi connectivity index (χ1) is 7.24. The Morgan fingerprint density at radius 2 is 2.00 bits per heavy atom. The van der Waals surface area contributed by atoms with E-state index in [-0.39, 0.29) is 5.29 Å². The number of rotatable bonds is 3. The Morgan fingerprint density at radius 1 is 1.40 bits per heavy atom. The van der Waals surface area contributed by atoms with Crippen LogP contribution in [0.5, 0.6) is 0 Å². The molecule has 0 aromatic heterocycles. The van der Waals surface area contributed by atoms with Crippen LogP contribution in [0.2, 0.25) is 0 Å². The van der Waals surface area contributed by atoms with E-state index in [1.165, 1.54) is 0 Å². The van der Waals surface area contributed by atoms with Gasteiger partial charge < -0.3 is 5.73 Å². The van der Waals surface area contributed by atoms with E-state index < -0.39 is 0 Å². The summed E-state index contributed by atoms with van der Waals surface area (Å²) >= 11 is 5.46. The van der Waals surface area contributed by atoms with Crippen LogP contribution < -0.4 is 11.2 Å². The fourth-order valence-electron chi connectivity index (χ4n) is 0.931. The zero-order chi connectivity index (χ0) is 11.7. The van der Waals surface area contributed by atoms with Crippen LogP contribution in [-0.2, 0) is 4.84 Å². The van der Waals surface area contributed by atoms with Crippen molar-refractivity contribution in [2.24, 2.45) is 10.7 Å². The third kappa shape index (κ3) is 5.37. The summed E-state index contributed by atoms with van der Waals surface area (Å²) in [7, 11) is 1.57. The molecule has 0 aliphatic carbocycles. The molecular weight excluding hydrogens is 214 g/mol. The Kier molecular flexibility index (Phi) is 7.62. The average molecular weight is 231 g/mol. The van der Waals surface area contributed by atoms with Crippen molar-refractivity contribution in [1.29, 1.82) is 0 Å². The van der Waals surface area contributed by atoms with Gasteiger partial charge in [0, 0.05) is 6.07 Å². The summed E-state index contributed by atoms with van der Waals surface area (Å²) in [4.78, 5) is 8.80. The number of hydrogen-bond acceptors (Lipinski definition) is 2. The number of nitrogens with zero attached hydrogens (tertiary/aromatic N) is 1. The largest absolute Gasteiger partial charge is 0.374 e. The molecule has 0 atom stereocenters. The summed E-state index contributed by atoms with van der Waals surface area (Å²) in [5.41, 5.74) is 8.37. The highest BCUT2D eigenvalue weighted by Crippen LogP contribution is 2.19. The first kappa shape index (κ1) is 13.9. The first-order valence-electron chi connectivity index (χ1n) is 4.68. The maximum Gasteiger partial charge on any atom is 0.194 e. The molecule has 84 valence electrons. The van der Waals surface area contributed by atoms with Crippen LogP contribution in [0.4, 0.5) is 11.4 Å². The van der Waals surface area contributed by atoms with Gasteiger partial charge in [0.2, 0.25) is 0 Å². The van der Waals surface area contributed by atoms with Gasteiger partial charge in [-0.05, 0) is 17.7 Å². The molecule has 15 heavy (non-hydrogen) atoms. The molecule has 0 spiro atoms. The van der Waals surface area contributed by atoms with Crippen molar-refractivity contribution in [3.05, 3.63) is 24.3 Å². The highest BCUT2D eigenvalue weighted by atomic mass is 35.5. The molecule has 0 amide bonds. The Morgan fingerprint density at radius 3 is 2.53 bits per heavy atom. The van der Waals surface area contributed by atoms with Gasteiger partial charge >= 0.3 is 0 Å². The van der Waals surface area contributed by atoms with E-state index in [4.69, 9.17) is 22.2 Å². The Labute approximate surface area is 95.1 Å². The SMILES string of the molecule is CC.CO[NH2+]c1ccccc1N=C(N)Cl. The van der Waals surface area contributed by atoms with Crippen molar-refractivity contribution in [2.75, 3.05) is 7.11 Å². The number of hydrogen-bond donors (Lipinski definition) is 2. The van der Waals surface area contributed by atoms with Crippen molar-refractivity contribution in [3.8, 4) is 0 Å². The second-order valence-electron chi connectivity index (χ2n) is 2.35. The van der Waals surface area contributed by atoms with Crippen LogP contribution in [0.1, 0.15) is 13.8 Å². The lowest BCUT2D eigenvalue weighted by atomic mass is 10.3. The fourth-order valence-corrected chi connectivity index (χ4v) is 1.02. The van der Waals surface area contributed by atoms with Gasteiger partial charge in [-0.3, -0.25) is 0 Å². The summed E-state index contributed by atoms with van der Waals surface area (Å²) in [6.07, 6.45) is 0. The predicted molar refractivity (Wildman–Crippen MR) is 63.5 cm³/mol. The number of amidine groups is 1. The standard InChI is InChI=1S/C8H10ClN3O.C2H6/c1-13-12-7-5-3-2-4-6(7)11-8(9)10;1-2/h2-5,12H,1H3,(H2,10,11);1-2H3/p+1. The molecule has 0 unspecified atom stereocenters. The maximum absolute atomic E-state index is 5.46. The Bertz CT molecular complexity index is 311. The number of quaternary nitrogens is 1. The summed E-state index contributed by atoms with van der Waals surface area (Å²) in [6.45, 7) is 4.00. The molecule has 0 aliphatic rings. The molecule has 4 N–H and O–H groups in total. The minimum Gasteiger partial charge on any atom is -0.374 e. The van der Waals surface area contributed by atoms with Crippen LogP contribution in [0.25, 0.3) is 0 Å². The first-order valence-corrected chi connectivity index (χ1v) is 5.06. The minimum absolute atomic E-state index is 0.0111. The molecule has 0 saturated carbocycles. The number of aliphatic imine (C=N–C) groups is 1. The third-order valence-electron chi connectivity index (χ3n) is 1.41. The van der Waals surface area contributed by atoms with Crippen LogP contribution in [0.3, 0.4) is 0 Å². The monoisotopic (exact) mass is 230 g/mol. The summed E-state index contributed by atoms with van der Waals surface area (Å²) in [6, 6.07) is 7.40. The molecule has 0 aliphatic heterocycles. The van der Waals surface area contributed by atoms with Gasteiger partial charge in [-0.25, -0.2) is 9.83 Å². The predicted octanol–water partition coefficient (Wildman–Crippen LogP) is 1.65. The molecule has 0 fully saturated rings. The second kappa shape index (κ2) is 8.23. The fraction of sp³-hybridized carbons (Fsp3) is 0.300. The van der Waals surface area contributed by atoms with Crippen LogP contribution in [0.15, 0.2) is 29.3 Å². The molecule has 1 rings (SSSR count). The maximum atomic E-state index is 5.46. The van der Waals surface area contributed by atoms with Crippen LogP contribution in [-0.4, -0.2) is 12.4 Å². The van der Waals surface area contributed by atoms with Gasteiger partial charge in [-0.15, -0.1) is 0 Å². The highest BCUT2D eigenvalue weighted by molar-refractivity contribution is 6.64. The molecule has 0 radical (unpaired) electrons. The lowest BCUT2D eigenvalue weighted by Gasteiger charge is -1.99. The molecule has 0 saturated heterocycles. The van der Waals surface area contributed by atoms with Crippen molar-refractivity contribution in [1.82, 2.24) is 0 Å². The number of halogens is 1. The Balaban J connectivity index is 0.000000921. The van der Waals surface area contributed by atoms with Gasteiger partial charge in [0.25, 0.3) is 0 Å². The molecule has 0 bridgehead atoms. The lowest BCUT2D eigenvalue weighted by Crippen LogP contribution is -2.75. The van der Waals surface area contributed by atoms with Gasteiger partial charge in [0.1, 0.15) is 5.69 Å². The van der Waals surface area contributed by atoms with E-state index in [0.29, 0.717) is 5.69 Å². The zero-order valence-corrected chi connectivity index (χ0v) is 9.95. The van der Waals surface area contributed by atoms with Crippen molar-refractivity contribution >= 4 is 28.3 Å². The van der Waals surface area contributed by atoms with E-state index in [1.54, 1.807) is 18.7 Å². The number of nitrogens with two attached hydrogens (primary N) is 2. The molecule has 0 heterocycles. The van der Waals surface area contributed by atoms with E-state index in [9.17, 15) is 0 Å². The number of benzene rings is 1. The lowest BCUT2D eigenvalue weighted by molar-refractivity contribution is -0.829. The van der Waals surface area contributed by atoms with Gasteiger partial charge in [0.05, 0.1) is 7.11 Å². The molecular formula is C10H17ClN3O+. The van der Waals surface area contributed by atoms with E-state index in [0.717, 1.165) is 5.69 Å². The molecule has 4 nitrogen and oxygen atoms in total. The topological polar surface area (TPSA) is 64.2 Å². The average Bonchev–Trinajstić information content (AvgIpc) is 2.23. The van der Waals surface area contributed by atoms with Gasteiger partial charge in [-0.1, -0.05) is 26.0 Å². The van der Waals surface area contributed by atoms with Crippen molar-refractivity contribution in [2.45, 2.75) is 13.8 Å². The number of para-hydroxylation sites is 1. The second-order valence-corrected chi connectivity index (χ2v) is 2.73. The van der Waals surface area contributed by atoms with Gasteiger partial charge in [-0.2, -0.15) is 5.48 Å². The Hall–Kier alpha value is -1.10. The summed E-state index contributed by atoms with van der Waals surface area (Å²) in [5, 5.41) is 0.0111. The normalized spacial score (nSPS) is 10.5. The van der Waals surface area contributed by atoms with Crippen molar-refractivity contribution < 1.29 is 10.3 Å². The molecule has 1 aromatic rings. The molecule has 1 aromatic carbocycles. The summed E-state index contributed by atoms with van der Waals surface area (Å²) in [5.74, 6) is 0. The third-order valence-corrected chi connectivity index (χ3v) is 1.49. The van der Waals surface area contributed by atoms with E-state index in [1.807, 2.05) is 32.0 Å². The van der Waals surface area contributed by atoms with E-state index in [2.05, 4.69) is 4.99 Å². The highest BCUT2D eigenvalue weighted by Gasteiger charge is 2.03. The quantitative estimate of drug-likeness (QED) is 0.273. The smallest absolute Gasteiger partial charge is 0.194 e. The van der Waals surface area contributed by atoms with E-state index >= 15 is 0 Å². The van der Waals surface area contributed by atoms with Crippen LogP contribution >= 0.6 is 11.6 Å².